The highest BCUT2D eigenvalue weighted by atomic mass is 15.2. The van der Waals surface area contributed by atoms with Crippen LogP contribution in [0.5, 0.6) is 0 Å². The summed E-state index contributed by atoms with van der Waals surface area (Å²) in [5.41, 5.74) is 3.65. The number of hydrogen-bond acceptors (Lipinski definition) is 3. The summed E-state index contributed by atoms with van der Waals surface area (Å²) in [6.45, 7) is 5.93. The zero-order valence-corrected chi connectivity index (χ0v) is 16.0. The van der Waals surface area contributed by atoms with Gasteiger partial charge in [0.2, 0.25) is 0 Å². The van der Waals surface area contributed by atoms with Crippen LogP contribution in [-0.2, 0) is 13.1 Å². The van der Waals surface area contributed by atoms with Crippen molar-refractivity contribution in [2.24, 2.45) is 0 Å². The molecule has 2 heterocycles. The number of aryl methyl sites for hydroxylation is 1. The molecule has 0 N–H and O–H groups in total. The van der Waals surface area contributed by atoms with Crippen LogP contribution in [0, 0.1) is 6.92 Å². The van der Waals surface area contributed by atoms with Gasteiger partial charge >= 0.3 is 0 Å². The first kappa shape index (κ1) is 18.4. The van der Waals surface area contributed by atoms with Crippen LogP contribution in [0.3, 0.4) is 0 Å². The molecule has 0 amide bonds. The summed E-state index contributed by atoms with van der Waals surface area (Å²) in [5.74, 6) is 0.984. The molecule has 3 rings (SSSR count). The lowest BCUT2D eigenvalue weighted by Gasteiger charge is -2.25. The van der Waals surface area contributed by atoms with Crippen molar-refractivity contribution in [3.63, 3.8) is 0 Å². The summed E-state index contributed by atoms with van der Waals surface area (Å²) in [4.78, 5) is 9.41. The Bertz CT molecular complexity index is 808. The molecule has 0 saturated heterocycles. The van der Waals surface area contributed by atoms with Gasteiger partial charge in [-0.1, -0.05) is 36.4 Å². The number of nitrogens with zero attached hydrogens (tertiary/aromatic N) is 4. The van der Waals surface area contributed by atoms with Gasteiger partial charge in [-0.25, -0.2) is 4.98 Å². The van der Waals surface area contributed by atoms with E-state index in [1.54, 1.807) is 0 Å². The number of benzene rings is 1. The standard InChI is InChI=1S/C22H28N4/c1-19-9-7-13-22(23-19)26-14-8-12-21(26)18-25(16-15-24(2)3)17-20-10-5-4-6-11-20/h4-14H,15-18H2,1-3H3. The summed E-state index contributed by atoms with van der Waals surface area (Å²) in [6, 6.07) is 21.1. The van der Waals surface area contributed by atoms with E-state index < -0.39 is 0 Å². The van der Waals surface area contributed by atoms with Crippen LogP contribution in [0.15, 0.2) is 66.9 Å². The van der Waals surface area contributed by atoms with Crippen LogP contribution in [0.1, 0.15) is 17.0 Å². The molecule has 0 aliphatic heterocycles. The van der Waals surface area contributed by atoms with E-state index in [0.29, 0.717) is 0 Å². The minimum atomic E-state index is 0.894. The normalized spacial score (nSPS) is 11.4. The Morgan fingerprint density at radius 2 is 1.65 bits per heavy atom. The Hall–Kier alpha value is -2.43. The van der Waals surface area contributed by atoms with E-state index >= 15 is 0 Å². The molecule has 0 bridgehead atoms. The Labute approximate surface area is 156 Å². The second kappa shape index (κ2) is 8.79. The quantitative estimate of drug-likeness (QED) is 0.620. The highest BCUT2D eigenvalue weighted by Crippen LogP contribution is 2.15. The molecular weight excluding hydrogens is 320 g/mol. The predicted octanol–water partition coefficient (Wildman–Crippen LogP) is 3.74. The van der Waals surface area contributed by atoms with E-state index in [0.717, 1.165) is 37.7 Å². The van der Waals surface area contributed by atoms with Crippen LogP contribution in [0.2, 0.25) is 0 Å². The third-order valence-electron chi connectivity index (χ3n) is 4.45. The van der Waals surface area contributed by atoms with Crippen LogP contribution in [0.4, 0.5) is 0 Å². The molecule has 0 radical (unpaired) electrons. The zero-order valence-electron chi connectivity index (χ0n) is 16.0. The van der Waals surface area contributed by atoms with Crippen molar-refractivity contribution in [3.05, 3.63) is 83.8 Å². The predicted molar refractivity (Wildman–Crippen MR) is 107 cm³/mol. The number of aromatic nitrogens is 2. The topological polar surface area (TPSA) is 24.3 Å². The van der Waals surface area contributed by atoms with Crippen molar-refractivity contribution in [3.8, 4) is 5.82 Å². The molecule has 0 fully saturated rings. The van der Waals surface area contributed by atoms with Gasteiger partial charge in [-0.15, -0.1) is 0 Å². The molecule has 2 aromatic heterocycles. The Balaban J connectivity index is 1.79. The fourth-order valence-corrected chi connectivity index (χ4v) is 3.06. The molecule has 0 aliphatic rings. The first-order chi connectivity index (χ1) is 12.6. The van der Waals surface area contributed by atoms with Gasteiger partial charge in [0.05, 0.1) is 0 Å². The molecule has 4 heteroatoms. The molecule has 0 atom stereocenters. The summed E-state index contributed by atoms with van der Waals surface area (Å²) in [5, 5.41) is 0. The second-order valence-electron chi connectivity index (χ2n) is 7.01. The van der Waals surface area contributed by atoms with Gasteiger partial charge in [0.15, 0.2) is 0 Å². The molecule has 136 valence electrons. The van der Waals surface area contributed by atoms with E-state index in [1.165, 1.54) is 11.3 Å². The van der Waals surface area contributed by atoms with Crippen LogP contribution in [-0.4, -0.2) is 46.5 Å². The lowest BCUT2D eigenvalue weighted by molar-refractivity contribution is 0.223. The summed E-state index contributed by atoms with van der Waals surface area (Å²) in [7, 11) is 4.25. The lowest BCUT2D eigenvalue weighted by Crippen LogP contribution is -2.31. The average Bonchev–Trinajstić information content (AvgIpc) is 3.09. The van der Waals surface area contributed by atoms with Crippen LogP contribution < -0.4 is 0 Å². The van der Waals surface area contributed by atoms with Gasteiger partial charge in [0, 0.05) is 43.8 Å². The van der Waals surface area contributed by atoms with Gasteiger partial charge in [0.25, 0.3) is 0 Å². The van der Waals surface area contributed by atoms with Crippen molar-refractivity contribution in [2.75, 3.05) is 27.2 Å². The molecule has 26 heavy (non-hydrogen) atoms. The second-order valence-corrected chi connectivity index (χ2v) is 7.01. The third kappa shape index (κ3) is 5.04. The van der Waals surface area contributed by atoms with Crippen molar-refractivity contribution in [2.45, 2.75) is 20.0 Å². The summed E-state index contributed by atoms with van der Waals surface area (Å²) in [6.07, 6.45) is 2.10. The van der Waals surface area contributed by atoms with Crippen LogP contribution in [0.25, 0.3) is 5.82 Å². The fourth-order valence-electron chi connectivity index (χ4n) is 3.06. The maximum absolute atomic E-state index is 4.68. The number of hydrogen-bond donors (Lipinski definition) is 0. The highest BCUT2D eigenvalue weighted by Gasteiger charge is 2.12. The Kier molecular flexibility index (Phi) is 6.21. The van der Waals surface area contributed by atoms with Crippen molar-refractivity contribution in [1.82, 2.24) is 19.4 Å². The SMILES string of the molecule is Cc1cccc(-n2cccc2CN(CCN(C)C)Cc2ccccc2)n1. The Morgan fingerprint density at radius 3 is 2.38 bits per heavy atom. The fraction of sp³-hybridized carbons (Fsp3) is 0.318. The molecule has 4 nitrogen and oxygen atoms in total. The smallest absolute Gasteiger partial charge is 0.137 e. The lowest BCUT2D eigenvalue weighted by atomic mass is 10.2. The maximum Gasteiger partial charge on any atom is 0.137 e. The molecule has 1 aromatic carbocycles. The molecule has 0 aliphatic carbocycles. The third-order valence-corrected chi connectivity index (χ3v) is 4.45. The largest absolute Gasteiger partial charge is 0.308 e. The van der Waals surface area contributed by atoms with Gasteiger partial charge < -0.3 is 9.47 Å². The van der Waals surface area contributed by atoms with Gasteiger partial charge in [-0.05, 0) is 50.8 Å². The van der Waals surface area contributed by atoms with Crippen molar-refractivity contribution in [1.29, 1.82) is 0 Å². The molecule has 0 saturated carbocycles. The minimum absolute atomic E-state index is 0.894. The Morgan fingerprint density at radius 1 is 0.846 bits per heavy atom. The van der Waals surface area contributed by atoms with Gasteiger partial charge in [-0.2, -0.15) is 0 Å². The van der Waals surface area contributed by atoms with Crippen molar-refractivity contribution >= 4 is 0 Å². The number of rotatable bonds is 8. The van der Waals surface area contributed by atoms with Gasteiger partial charge in [0.1, 0.15) is 5.82 Å². The van der Waals surface area contributed by atoms with Gasteiger partial charge in [-0.3, -0.25) is 4.90 Å². The van der Waals surface area contributed by atoms with E-state index in [9.17, 15) is 0 Å². The van der Waals surface area contributed by atoms with E-state index in [1.807, 2.05) is 13.0 Å². The van der Waals surface area contributed by atoms with Crippen molar-refractivity contribution < 1.29 is 0 Å². The van der Waals surface area contributed by atoms with E-state index in [-0.39, 0.29) is 0 Å². The van der Waals surface area contributed by atoms with E-state index in [4.69, 9.17) is 0 Å². The minimum Gasteiger partial charge on any atom is -0.308 e. The summed E-state index contributed by atoms with van der Waals surface area (Å²) >= 11 is 0. The molecule has 3 aromatic rings. The zero-order chi connectivity index (χ0) is 18.4. The first-order valence-electron chi connectivity index (χ1n) is 9.13. The van der Waals surface area contributed by atoms with Crippen LogP contribution >= 0.6 is 0 Å². The average molecular weight is 348 g/mol. The number of pyridine rings is 1. The summed E-state index contributed by atoms with van der Waals surface area (Å²) < 4.78 is 2.20. The van der Waals surface area contributed by atoms with E-state index in [2.05, 4.69) is 94.2 Å². The molecule has 0 spiro atoms. The monoisotopic (exact) mass is 348 g/mol. The molecule has 0 unspecified atom stereocenters. The highest BCUT2D eigenvalue weighted by molar-refractivity contribution is 5.29. The maximum atomic E-state index is 4.68. The number of likely N-dealkylation sites (N-methyl/N-ethyl adjacent to an activating group) is 1. The molecular formula is C22H28N4. The first-order valence-corrected chi connectivity index (χ1v) is 9.13.